The van der Waals surface area contributed by atoms with E-state index in [4.69, 9.17) is 9.47 Å². The van der Waals surface area contributed by atoms with Crippen LogP contribution in [0.2, 0.25) is 0 Å². The zero-order valence-corrected chi connectivity index (χ0v) is 20.4. The van der Waals surface area contributed by atoms with E-state index in [0.717, 1.165) is 19.5 Å². The van der Waals surface area contributed by atoms with Gasteiger partial charge < -0.3 is 25.0 Å². The number of nitrogens with zero attached hydrogens (tertiary/aromatic N) is 5. The highest BCUT2D eigenvalue weighted by Crippen LogP contribution is 2.39. The minimum atomic E-state index is -0.376. The standard InChI is InChI=1S/C26H26FN7O3/c1-4-24(35)30-21-11-20(22(36-3)12-23(21)37-19-8-9-33(2)15-19)31-26-28-13-16-14-29-34(25(16)32-26)18-7-5-6-17(27)10-18/h4-7,10-14,19H,1,8-9,15H2,2-3H3,(H,30,35)(H,28,31,32). The van der Waals surface area contributed by atoms with E-state index in [1.54, 1.807) is 43.8 Å². The van der Waals surface area contributed by atoms with Crippen LogP contribution in [-0.2, 0) is 4.79 Å². The first kappa shape index (κ1) is 24.2. The van der Waals surface area contributed by atoms with E-state index >= 15 is 0 Å². The van der Waals surface area contributed by atoms with E-state index in [-0.39, 0.29) is 23.8 Å². The first-order valence-corrected chi connectivity index (χ1v) is 11.7. The molecular weight excluding hydrogens is 477 g/mol. The maximum Gasteiger partial charge on any atom is 0.247 e. The van der Waals surface area contributed by atoms with Gasteiger partial charge in [0.2, 0.25) is 11.9 Å². The van der Waals surface area contributed by atoms with Gasteiger partial charge in [0.05, 0.1) is 35.8 Å². The second kappa shape index (κ2) is 10.2. The van der Waals surface area contributed by atoms with Crippen LogP contribution in [0.1, 0.15) is 6.42 Å². The lowest BCUT2D eigenvalue weighted by atomic mass is 10.2. The number of carbonyl (C=O) groups excluding carboxylic acids is 1. The molecular formula is C26H26FN7O3. The zero-order valence-electron chi connectivity index (χ0n) is 20.4. The molecule has 1 saturated heterocycles. The summed E-state index contributed by atoms with van der Waals surface area (Å²) in [5.41, 5.74) is 1.99. The van der Waals surface area contributed by atoms with E-state index in [1.165, 1.54) is 22.9 Å². The van der Waals surface area contributed by atoms with Crippen LogP contribution >= 0.6 is 0 Å². The highest BCUT2D eigenvalue weighted by atomic mass is 19.1. The second-order valence-electron chi connectivity index (χ2n) is 8.67. The van der Waals surface area contributed by atoms with Crippen LogP contribution in [-0.4, -0.2) is 63.9 Å². The molecule has 0 saturated carbocycles. The number of rotatable bonds is 8. The number of anilines is 3. The molecule has 10 nitrogen and oxygen atoms in total. The molecule has 0 bridgehead atoms. The number of halogens is 1. The molecule has 11 heteroatoms. The Hall–Kier alpha value is -4.51. The minimum Gasteiger partial charge on any atom is -0.494 e. The molecule has 3 heterocycles. The monoisotopic (exact) mass is 503 g/mol. The lowest BCUT2D eigenvalue weighted by Gasteiger charge is -2.20. The van der Waals surface area contributed by atoms with Crippen LogP contribution in [0.4, 0.5) is 21.7 Å². The van der Waals surface area contributed by atoms with Gasteiger partial charge in [0.25, 0.3) is 0 Å². The number of likely N-dealkylation sites (tertiary alicyclic amines) is 1. The smallest absolute Gasteiger partial charge is 0.247 e. The fourth-order valence-electron chi connectivity index (χ4n) is 4.17. The van der Waals surface area contributed by atoms with Crippen molar-refractivity contribution in [3.8, 4) is 17.2 Å². The van der Waals surface area contributed by atoms with Crippen LogP contribution in [0.5, 0.6) is 11.5 Å². The maximum atomic E-state index is 13.8. The van der Waals surface area contributed by atoms with Gasteiger partial charge in [-0.1, -0.05) is 12.6 Å². The molecule has 2 N–H and O–H groups in total. The number of hydrogen-bond acceptors (Lipinski definition) is 8. The Balaban J connectivity index is 1.50. The van der Waals surface area contributed by atoms with Crippen LogP contribution in [0.15, 0.2) is 61.4 Å². The Morgan fingerprint density at radius 1 is 1.22 bits per heavy atom. The van der Waals surface area contributed by atoms with Crippen LogP contribution < -0.4 is 20.1 Å². The molecule has 5 rings (SSSR count). The summed E-state index contributed by atoms with van der Waals surface area (Å²) in [5.74, 6) is 0.467. The summed E-state index contributed by atoms with van der Waals surface area (Å²) >= 11 is 0. The molecule has 0 spiro atoms. The predicted octanol–water partition coefficient (Wildman–Crippen LogP) is 3.91. The molecule has 1 atom stereocenters. The highest BCUT2D eigenvalue weighted by Gasteiger charge is 2.24. The number of benzene rings is 2. The number of likely N-dealkylation sites (N-methyl/N-ethyl adjacent to an activating group) is 1. The first-order valence-electron chi connectivity index (χ1n) is 11.7. The Bertz CT molecular complexity index is 1470. The summed E-state index contributed by atoms with van der Waals surface area (Å²) in [6, 6.07) is 9.50. The second-order valence-corrected chi connectivity index (χ2v) is 8.67. The summed E-state index contributed by atoms with van der Waals surface area (Å²) in [4.78, 5) is 23.3. The average molecular weight is 504 g/mol. The van der Waals surface area contributed by atoms with Crippen LogP contribution in [0.3, 0.4) is 0 Å². The molecule has 1 fully saturated rings. The van der Waals surface area contributed by atoms with Crippen LogP contribution in [0.25, 0.3) is 16.7 Å². The van der Waals surface area contributed by atoms with E-state index in [9.17, 15) is 9.18 Å². The van der Waals surface area contributed by atoms with Crippen molar-refractivity contribution >= 4 is 34.3 Å². The Kier molecular flexibility index (Phi) is 6.69. The van der Waals surface area contributed by atoms with Gasteiger partial charge in [-0.2, -0.15) is 10.1 Å². The van der Waals surface area contributed by atoms with Gasteiger partial charge in [-0.15, -0.1) is 0 Å². The van der Waals surface area contributed by atoms with Gasteiger partial charge in [-0.3, -0.25) is 4.79 Å². The summed E-state index contributed by atoms with van der Waals surface area (Å²) in [5, 5.41) is 11.0. The number of methoxy groups -OCH3 is 1. The topological polar surface area (TPSA) is 106 Å². The lowest BCUT2D eigenvalue weighted by Crippen LogP contribution is -2.22. The zero-order chi connectivity index (χ0) is 25.9. The quantitative estimate of drug-likeness (QED) is 0.349. The number of amides is 1. The van der Waals surface area contributed by atoms with E-state index < -0.39 is 0 Å². The largest absolute Gasteiger partial charge is 0.494 e. The number of aromatic nitrogens is 4. The van der Waals surface area contributed by atoms with Gasteiger partial charge >= 0.3 is 0 Å². The highest BCUT2D eigenvalue weighted by molar-refractivity contribution is 6.00. The fraction of sp³-hybridized carbons (Fsp3) is 0.231. The van der Waals surface area contributed by atoms with Gasteiger partial charge in [0.1, 0.15) is 23.4 Å². The lowest BCUT2D eigenvalue weighted by molar-refractivity contribution is -0.111. The number of ether oxygens (including phenoxy) is 2. The fourth-order valence-corrected chi connectivity index (χ4v) is 4.17. The molecule has 1 unspecified atom stereocenters. The van der Waals surface area contributed by atoms with Crippen molar-refractivity contribution in [3.63, 3.8) is 0 Å². The van der Waals surface area contributed by atoms with Crippen molar-refractivity contribution in [3.05, 3.63) is 67.3 Å². The maximum absolute atomic E-state index is 13.8. The molecule has 1 aliphatic heterocycles. The van der Waals surface area contributed by atoms with Gasteiger partial charge in [0.15, 0.2) is 5.65 Å². The van der Waals surface area contributed by atoms with E-state index in [1.807, 2.05) is 7.05 Å². The van der Waals surface area contributed by atoms with Crippen molar-refractivity contribution in [1.82, 2.24) is 24.6 Å². The van der Waals surface area contributed by atoms with Gasteiger partial charge in [-0.05, 0) is 43.8 Å². The molecule has 37 heavy (non-hydrogen) atoms. The minimum absolute atomic E-state index is 0.0123. The Morgan fingerprint density at radius 2 is 2.08 bits per heavy atom. The number of nitrogens with one attached hydrogen (secondary N) is 2. The number of fused-ring (bicyclic) bond motifs is 1. The molecule has 1 aliphatic rings. The van der Waals surface area contributed by atoms with Crippen molar-refractivity contribution < 1.29 is 18.7 Å². The summed E-state index contributed by atoms with van der Waals surface area (Å²) in [6.07, 6.45) is 5.28. The normalized spacial score (nSPS) is 15.5. The van der Waals surface area contributed by atoms with Crippen molar-refractivity contribution in [2.45, 2.75) is 12.5 Å². The third-order valence-corrected chi connectivity index (χ3v) is 5.99. The summed E-state index contributed by atoms with van der Waals surface area (Å²) in [6.45, 7) is 5.25. The molecule has 1 amide bonds. The van der Waals surface area contributed by atoms with Crippen LogP contribution in [0, 0.1) is 5.82 Å². The van der Waals surface area contributed by atoms with Gasteiger partial charge in [-0.25, -0.2) is 14.1 Å². The van der Waals surface area contributed by atoms with E-state index in [0.29, 0.717) is 39.6 Å². The Morgan fingerprint density at radius 3 is 2.81 bits per heavy atom. The molecule has 2 aromatic carbocycles. The van der Waals surface area contributed by atoms with E-state index in [2.05, 4.69) is 37.2 Å². The molecule has 2 aromatic heterocycles. The summed E-state index contributed by atoms with van der Waals surface area (Å²) < 4.78 is 27.2. The molecule has 0 radical (unpaired) electrons. The third kappa shape index (κ3) is 5.21. The first-order chi connectivity index (χ1) is 17.9. The molecule has 0 aliphatic carbocycles. The van der Waals surface area contributed by atoms with Gasteiger partial charge in [0, 0.05) is 25.4 Å². The van der Waals surface area contributed by atoms with Crippen molar-refractivity contribution in [2.75, 3.05) is 37.9 Å². The Labute approximate surface area is 212 Å². The SMILES string of the molecule is C=CC(=O)Nc1cc(Nc2ncc3cnn(-c4cccc(F)c4)c3n2)c(OC)cc1OC1CCN(C)C1. The number of hydrogen-bond donors (Lipinski definition) is 2. The third-order valence-electron chi connectivity index (χ3n) is 5.99. The summed E-state index contributed by atoms with van der Waals surface area (Å²) in [7, 11) is 3.58. The molecule has 190 valence electrons. The number of carbonyl (C=O) groups is 1. The average Bonchev–Trinajstić information content (AvgIpc) is 3.50. The van der Waals surface area contributed by atoms with Crippen molar-refractivity contribution in [1.29, 1.82) is 0 Å². The van der Waals surface area contributed by atoms with Crippen molar-refractivity contribution in [2.24, 2.45) is 0 Å². The predicted molar refractivity (Wildman–Crippen MR) is 138 cm³/mol. The molecule has 4 aromatic rings.